The third-order valence-corrected chi connectivity index (χ3v) is 4.90. The summed E-state index contributed by atoms with van der Waals surface area (Å²) in [5, 5.41) is 10.9. The van der Waals surface area contributed by atoms with Crippen LogP contribution in [0.4, 0.5) is 5.69 Å². The Morgan fingerprint density at radius 1 is 1.30 bits per heavy atom. The predicted molar refractivity (Wildman–Crippen MR) is 92.3 cm³/mol. The zero-order valence-corrected chi connectivity index (χ0v) is 13.5. The van der Waals surface area contributed by atoms with Gasteiger partial charge in [0.1, 0.15) is 21.6 Å². The lowest BCUT2D eigenvalue weighted by molar-refractivity contribution is -0.384. The average molecular weight is 346 g/mol. The smallest absolute Gasteiger partial charge is 0.280 e. The van der Waals surface area contributed by atoms with Crippen molar-refractivity contribution in [3.63, 3.8) is 0 Å². The minimum absolute atomic E-state index is 0.0313. The Hall–Kier alpha value is -2.32. The number of furan rings is 1. The van der Waals surface area contributed by atoms with Gasteiger partial charge in [-0.2, -0.15) is 0 Å². The number of rotatable bonds is 3. The van der Waals surface area contributed by atoms with E-state index < -0.39 is 4.92 Å². The molecule has 0 atom stereocenters. The number of hydrogen-bond acceptors (Lipinski definition) is 7. The van der Waals surface area contributed by atoms with Crippen molar-refractivity contribution in [1.29, 1.82) is 0 Å². The summed E-state index contributed by atoms with van der Waals surface area (Å²) in [7, 11) is 0. The summed E-state index contributed by atoms with van der Waals surface area (Å²) in [6.07, 6.45) is 3.39. The molecule has 6 nitrogen and oxygen atoms in total. The lowest BCUT2D eigenvalue weighted by atomic mass is 10.1. The van der Waals surface area contributed by atoms with Crippen molar-refractivity contribution in [1.82, 2.24) is 0 Å². The molecule has 0 saturated carbocycles. The predicted octanol–water partition coefficient (Wildman–Crippen LogP) is 4.19. The number of carbonyl (C=O) groups excluding carboxylic acids is 1. The summed E-state index contributed by atoms with van der Waals surface area (Å²) < 4.78 is 6.31. The molecule has 3 rings (SSSR count). The van der Waals surface area contributed by atoms with Crippen LogP contribution in [0.5, 0.6) is 0 Å². The fraction of sp³-hybridized carbons (Fsp3) is 0.0667. The minimum Gasteiger partial charge on any atom is -0.456 e. The highest BCUT2D eigenvalue weighted by Gasteiger charge is 2.22. The Kier molecular flexibility index (Phi) is 4.35. The number of carbonyl (C=O) groups is 1. The molecule has 1 aliphatic rings. The largest absolute Gasteiger partial charge is 0.456 e. The first-order valence-electron chi connectivity index (χ1n) is 6.48. The van der Waals surface area contributed by atoms with E-state index in [0.29, 0.717) is 27.2 Å². The maximum absolute atomic E-state index is 11.8. The highest BCUT2D eigenvalue weighted by molar-refractivity contribution is 8.45. The number of nitro groups is 1. The molecule has 0 spiro atoms. The van der Waals surface area contributed by atoms with Crippen LogP contribution in [0, 0.1) is 10.1 Å². The molecule has 116 valence electrons. The molecule has 0 unspecified atom stereocenters. The third kappa shape index (κ3) is 3.22. The lowest BCUT2D eigenvalue weighted by Gasteiger charge is -1.98. The van der Waals surface area contributed by atoms with Crippen LogP contribution in [0.2, 0.25) is 0 Å². The molecule has 0 fully saturated rings. The molecule has 0 aliphatic carbocycles. The van der Waals surface area contributed by atoms with Crippen molar-refractivity contribution in [3.8, 4) is 11.3 Å². The highest BCUT2D eigenvalue weighted by Crippen LogP contribution is 2.33. The van der Waals surface area contributed by atoms with Gasteiger partial charge < -0.3 is 4.42 Å². The molecule has 23 heavy (non-hydrogen) atoms. The third-order valence-electron chi connectivity index (χ3n) is 3.05. The van der Waals surface area contributed by atoms with Gasteiger partial charge in [0.05, 0.1) is 10.5 Å². The molecule has 1 aromatic carbocycles. The topological polar surface area (TPSA) is 85.7 Å². The molecule has 0 N–H and O–H groups in total. The molecular weight excluding hydrogens is 336 g/mol. The number of benzene rings is 1. The molecule has 0 saturated heterocycles. The summed E-state index contributed by atoms with van der Waals surface area (Å²) in [4.78, 5) is 26.6. The van der Waals surface area contributed by atoms with Crippen molar-refractivity contribution in [3.05, 3.63) is 58.0 Å². The first kappa shape index (κ1) is 15.6. The summed E-state index contributed by atoms with van der Waals surface area (Å²) >= 11 is 2.48. The van der Waals surface area contributed by atoms with E-state index in [-0.39, 0.29) is 10.8 Å². The average Bonchev–Trinajstić information content (AvgIpc) is 3.15. The molecule has 2 aromatic rings. The van der Waals surface area contributed by atoms with Crippen molar-refractivity contribution in [2.24, 2.45) is 4.99 Å². The minimum atomic E-state index is -0.456. The second kappa shape index (κ2) is 6.43. The summed E-state index contributed by atoms with van der Waals surface area (Å²) in [5.74, 6) is 0.796. The van der Waals surface area contributed by atoms with Gasteiger partial charge in [0.25, 0.3) is 5.69 Å². The molecule has 8 heteroatoms. The first-order valence-corrected chi connectivity index (χ1v) is 8.53. The molecule has 0 radical (unpaired) electrons. The number of nitro benzene ring substituents is 1. The number of nitrogens with zero attached hydrogens (tertiary/aromatic N) is 2. The van der Waals surface area contributed by atoms with Crippen molar-refractivity contribution in [2.75, 3.05) is 6.26 Å². The van der Waals surface area contributed by atoms with Crippen molar-refractivity contribution < 1.29 is 14.1 Å². The number of aliphatic imine (C=N–C) groups is 1. The van der Waals surface area contributed by atoms with E-state index in [4.69, 9.17) is 4.42 Å². The Labute approximate surface area is 139 Å². The monoisotopic (exact) mass is 346 g/mol. The normalized spacial score (nSPS) is 16.0. The van der Waals surface area contributed by atoms with Gasteiger partial charge in [-0.25, -0.2) is 4.99 Å². The quantitative estimate of drug-likeness (QED) is 0.470. The van der Waals surface area contributed by atoms with Gasteiger partial charge in [-0.1, -0.05) is 12.1 Å². The zero-order chi connectivity index (χ0) is 16.4. The van der Waals surface area contributed by atoms with Gasteiger partial charge >= 0.3 is 0 Å². The highest BCUT2D eigenvalue weighted by atomic mass is 32.2. The standard InChI is InChI=1S/C15H10N2O4S2/c1-22-15-16-11(14(18)23-15)8-9-6-7-13(21-9)10-4-2-3-5-12(10)17(19)20/h2-8H,1H3. The van der Waals surface area contributed by atoms with E-state index in [1.165, 1.54) is 23.9 Å². The molecule has 0 bridgehead atoms. The van der Waals surface area contributed by atoms with Crippen LogP contribution in [0.1, 0.15) is 5.76 Å². The van der Waals surface area contributed by atoms with Crippen LogP contribution in [0.15, 0.2) is 51.5 Å². The van der Waals surface area contributed by atoms with Crippen LogP contribution in [0.3, 0.4) is 0 Å². The molecule has 0 amide bonds. The Morgan fingerprint density at radius 3 is 2.78 bits per heavy atom. The number of hydrogen-bond donors (Lipinski definition) is 0. The van der Waals surface area contributed by atoms with E-state index in [1.807, 2.05) is 6.26 Å². The molecule has 1 aromatic heterocycles. The van der Waals surface area contributed by atoms with Crippen LogP contribution in [-0.4, -0.2) is 20.7 Å². The van der Waals surface area contributed by atoms with Crippen molar-refractivity contribution >= 4 is 44.8 Å². The second-order valence-electron chi connectivity index (χ2n) is 4.48. The van der Waals surface area contributed by atoms with Gasteiger partial charge in [0.2, 0.25) is 5.12 Å². The Morgan fingerprint density at radius 2 is 2.09 bits per heavy atom. The molecule has 1 aliphatic heterocycles. The lowest BCUT2D eigenvalue weighted by Crippen LogP contribution is -1.90. The van der Waals surface area contributed by atoms with Gasteiger partial charge in [-0.05, 0) is 36.2 Å². The van der Waals surface area contributed by atoms with E-state index in [9.17, 15) is 14.9 Å². The summed E-state index contributed by atoms with van der Waals surface area (Å²) in [5.41, 5.74) is 0.668. The van der Waals surface area contributed by atoms with Gasteiger partial charge in [-0.15, -0.1) is 11.8 Å². The van der Waals surface area contributed by atoms with Crippen LogP contribution >= 0.6 is 23.5 Å². The number of thioether (sulfide) groups is 2. The molecular formula is C15H10N2O4S2. The Balaban J connectivity index is 1.95. The fourth-order valence-electron chi connectivity index (χ4n) is 2.03. The van der Waals surface area contributed by atoms with E-state index in [0.717, 1.165) is 11.8 Å². The van der Waals surface area contributed by atoms with Gasteiger partial charge in [0, 0.05) is 12.1 Å². The Bertz CT molecular complexity index is 855. The first-order chi connectivity index (χ1) is 11.1. The van der Waals surface area contributed by atoms with Crippen LogP contribution in [-0.2, 0) is 4.79 Å². The van der Waals surface area contributed by atoms with E-state index >= 15 is 0 Å². The van der Waals surface area contributed by atoms with Crippen LogP contribution in [0.25, 0.3) is 17.4 Å². The van der Waals surface area contributed by atoms with Gasteiger partial charge in [-0.3, -0.25) is 14.9 Å². The van der Waals surface area contributed by atoms with E-state index in [1.54, 1.807) is 30.3 Å². The number of para-hydroxylation sites is 1. The maximum atomic E-state index is 11.8. The SMILES string of the molecule is CSC1=NC(=Cc2ccc(-c3ccccc3[N+](=O)[O-])o2)C(=O)S1. The van der Waals surface area contributed by atoms with E-state index in [2.05, 4.69) is 4.99 Å². The van der Waals surface area contributed by atoms with Gasteiger partial charge in [0.15, 0.2) is 0 Å². The van der Waals surface area contributed by atoms with Crippen molar-refractivity contribution in [2.45, 2.75) is 0 Å². The second-order valence-corrected chi connectivity index (χ2v) is 6.49. The summed E-state index contributed by atoms with van der Waals surface area (Å²) in [6.45, 7) is 0. The van der Waals surface area contributed by atoms with Crippen LogP contribution < -0.4 is 0 Å². The zero-order valence-electron chi connectivity index (χ0n) is 11.9. The fourth-order valence-corrected chi connectivity index (χ4v) is 3.29. The summed E-state index contributed by atoms with van der Waals surface area (Å²) in [6, 6.07) is 9.64. The molecule has 2 heterocycles. The maximum Gasteiger partial charge on any atom is 0.280 e.